The van der Waals surface area contributed by atoms with Crippen LogP contribution < -0.4 is 4.90 Å². The van der Waals surface area contributed by atoms with Crippen LogP contribution >= 0.6 is 0 Å². The summed E-state index contributed by atoms with van der Waals surface area (Å²) in [7, 11) is 0. The molecule has 0 unspecified atom stereocenters. The van der Waals surface area contributed by atoms with Gasteiger partial charge in [-0.1, -0.05) is 6.07 Å². The monoisotopic (exact) mass is 526 g/mol. The molecule has 38 heavy (non-hydrogen) atoms. The molecular formula is C27H29F3N6O2. The largest absolute Gasteiger partial charge is 0.387 e. The van der Waals surface area contributed by atoms with Crippen molar-refractivity contribution in [2.45, 2.75) is 51.6 Å². The molecule has 2 N–H and O–H groups in total. The molecule has 200 valence electrons. The van der Waals surface area contributed by atoms with Gasteiger partial charge in [0.1, 0.15) is 28.9 Å². The zero-order valence-electron chi connectivity index (χ0n) is 21.2. The molecule has 0 bridgehead atoms. The highest BCUT2D eigenvalue weighted by molar-refractivity contribution is 5.83. The average Bonchev–Trinajstić information content (AvgIpc) is 3.38. The zero-order valence-corrected chi connectivity index (χ0v) is 21.2. The number of anilines is 1. The van der Waals surface area contributed by atoms with Crippen molar-refractivity contribution in [2.75, 3.05) is 18.0 Å². The summed E-state index contributed by atoms with van der Waals surface area (Å²) in [6.07, 6.45) is 5.40. The van der Waals surface area contributed by atoms with Crippen molar-refractivity contribution in [2.24, 2.45) is 5.92 Å². The molecule has 0 amide bonds. The Hall–Kier alpha value is -3.57. The van der Waals surface area contributed by atoms with Gasteiger partial charge in [0.25, 0.3) is 0 Å². The van der Waals surface area contributed by atoms with Gasteiger partial charge in [0.2, 0.25) is 0 Å². The molecule has 1 saturated heterocycles. The molecule has 4 aromatic rings. The first-order valence-corrected chi connectivity index (χ1v) is 12.5. The molecule has 0 radical (unpaired) electrons. The number of fused-ring (bicyclic) bond motifs is 1. The highest BCUT2D eigenvalue weighted by atomic mass is 19.1. The summed E-state index contributed by atoms with van der Waals surface area (Å²) < 4.78 is 41.8. The van der Waals surface area contributed by atoms with E-state index in [1.807, 2.05) is 0 Å². The van der Waals surface area contributed by atoms with E-state index in [2.05, 4.69) is 15.0 Å². The van der Waals surface area contributed by atoms with E-state index in [1.165, 1.54) is 38.4 Å². The lowest BCUT2D eigenvalue weighted by Gasteiger charge is -2.33. The number of aliphatic hydroxyl groups is 2. The first kappa shape index (κ1) is 26.1. The average molecular weight is 527 g/mol. The number of aliphatic hydroxyl groups excluding tert-OH is 1. The summed E-state index contributed by atoms with van der Waals surface area (Å²) in [5.41, 5.74) is 1.46. The number of hydrogen-bond donors (Lipinski definition) is 2. The van der Waals surface area contributed by atoms with Crippen LogP contribution in [0.2, 0.25) is 0 Å². The Bertz CT molecular complexity index is 1450. The van der Waals surface area contributed by atoms with Gasteiger partial charge >= 0.3 is 0 Å². The molecule has 4 heterocycles. The van der Waals surface area contributed by atoms with E-state index >= 15 is 0 Å². The Labute approximate surface area is 217 Å². The van der Waals surface area contributed by atoms with Crippen LogP contribution in [0.1, 0.15) is 44.1 Å². The number of rotatable bonds is 7. The third-order valence-corrected chi connectivity index (χ3v) is 6.97. The van der Waals surface area contributed by atoms with Gasteiger partial charge in [-0.2, -0.15) is 5.10 Å². The Morgan fingerprint density at radius 1 is 1.08 bits per heavy atom. The smallest absolute Gasteiger partial charge is 0.181 e. The third kappa shape index (κ3) is 5.34. The van der Waals surface area contributed by atoms with Crippen molar-refractivity contribution in [3.8, 4) is 11.3 Å². The highest BCUT2D eigenvalue weighted by Gasteiger charge is 2.29. The summed E-state index contributed by atoms with van der Waals surface area (Å²) in [4.78, 5) is 16.0. The molecular weight excluding hydrogens is 497 g/mol. The summed E-state index contributed by atoms with van der Waals surface area (Å²) >= 11 is 0. The lowest BCUT2D eigenvalue weighted by Crippen LogP contribution is -2.35. The minimum Gasteiger partial charge on any atom is -0.387 e. The second-order valence-corrected chi connectivity index (χ2v) is 10.3. The number of piperidine rings is 1. The Kier molecular flexibility index (Phi) is 7.06. The van der Waals surface area contributed by atoms with Crippen LogP contribution in [0, 0.1) is 17.6 Å². The molecule has 1 aliphatic rings. The minimum atomic E-state index is -1.40. The van der Waals surface area contributed by atoms with Crippen LogP contribution in [0.3, 0.4) is 0 Å². The lowest BCUT2D eigenvalue weighted by atomic mass is 9.90. The zero-order chi connectivity index (χ0) is 27.0. The van der Waals surface area contributed by atoms with E-state index in [0.29, 0.717) is 53.2 Å². The molecule has 3 aromatic heterocycles. The van der Waals surface area contributed by atoms with Gasteiger partial charge < -0.3 is 15.1 Å². The topological polar surface area (TPSA) is 100 Å². The summed E-state index contributed by atoms with van der Waals surface area (Å²) in [5.74, 6) is -0.321. The fourth-order valence-electron chi connectivity index (χ4n) is 4.79. The van der Waals surface area contributed by atoms with Crippen LogP contribution in [0.25, 0.3) is 22.3 Å². The van der Waals surface area contributed by atoms with Gasteiger partial charge in [0.05, 0.1) is 29.2 Å². The number of nitrogens with zero attached hydrogens (tertiary/aromatic N) is 6. The standard InChI is InChI=1S/C27H29F3N6O2/c1-27(2,38)25(37)22-11-21-23(13-31-22)33-24(18-12-32-36(14-18)15-28)26(34-21)35-7-5-16(6-8-35)9-17-3-4-19(29)10-20(17)30/h3-4,10-14,16,25,37-38H,5-9,15H2,1-2H3/t25-/m0/s1. The number of hydrogen-bond acceptors (Lipinski definition) is 7. The molecule has 5 rings (SSSR count). The van der Waals surface area contributed by atoms with Gasteiger partial charge in [0.15, 0.2) is 12.6 Å². The Morgan fingerprint density at radius 2 is 1.84 bits per heavy atom. The van der Waals surface area contributed by atoms with E-state index in [9.17, 15) is 23.4 Å². The van der Waals surface area contributed by atoms with Gasteiger partial charge in [-0.25, -0.2) is 27.8 Å². The first-order valence-electron chi connectivity index (χ1n) is 12.5. The molecule has 1 aromatic carbocycles. The van der Waals surface area contributed by atoms with Crippen molar-refractivity contribution in [1.82, 2.24) is 24.7 Å². The number of aromatic nitrogens is 5. The van der Waals surface area contributed by atoms with Crippen molar-refractivity contribution < 1.29 is 23.4 Å². The predicted octanol–water partition coefficient (Wildman–Crippen LogP) is 4.36. The van der Waals surface area contributed by atoms with Crippen molar-refractivity contribution >= 4 is 16.9 Å². The molecule has 1 atom stereocenters. The number of alkyl halides is 1. The van der Waals surface area contributed by atoms with Crippen LogP contribution in [0.4, 0.5) is 19.0 Å². The molecule has 0 aliphatic carbocycles. The number of halogens is 3. The lowest BCUT2D eigenvalue weighted by molar-refractivity contribution is -0.0516. The second-order valence-electron chi connectivity index (χ2n) is 10.3. The first-order chi connectivity index (χ1) is 18.1. The van der Waals surface area contributed by atoms with E-state index in [4.69, 9.17) is 9.97 Å². The quantitative estimate of drug-likeness (QED) is 0.369. The van der Waals surface area contributed by atoms with Crippen molar-refractivity contribution in [1.29, 1.82) is 0 Å². The third-order valence-electron chi connectivity index (χ3n) is 6.97. The normalized spacial score (nSPS) is 15.8. The van der Waals surface area contributed by atoms with Crippen LogP contribution in [0.5, 0.6) is 0 Å². The maximum Gasteiger partial charge on any atom is 0.181 e. The number of pyridine rings is 1. The summed E-state index contributed by atoms with van der Waals surface area (Å²) in [6, 6.07) is 5.30. The molecule has 1 aliphatic heterocycles. The Morgan fingerprint density at radius 3 is 2.50 bits per heavy atom. The van der Waals surface area contributed by atoms with E-state index in [1.54, 1.807) is 12.3 Å². The molecule has 0 saturated carbocycles. The second kappa shape index (κ2) is 10.3. The summed E-state index contributed by atoms with van der Waals surface area (Å²) in [5, 5.41) is 24.8. The SMILES string of the molecule is CC(C)(O)[C@@H](O)c1cc2nc(N3CCC(Cc4ccc(F)cc4F)CC3)c(-c3cnn(CF)c3)nc2cn1. The van der Waals surface area contributed by atoms with E-state index < -0.39 is 30.1 Å². The molecule has 11 heteroatoms. The van der Waals surface area contributed by atoms with Crippen LogP contribution in [0.15, 0.2) is 42.9 Å². The van der Waals surface area contributed by atoms with Gasteiger partial charge in [-0.05, 0) is 56.7 Å². The number of benzene rings is 1. The van der Waals surface area contributed by atoms with E-state index in [-0.39, 0.29) is 11.6 Å². The maximum absolute atomic E-state index is 14.2. The van der Waals surface area contributed by atoms with Gasteiger partial charge in [-0.3, -0.25) is 4.98 Å². The highest BCUT2D eigenvalue weighted by Crippen LogP contribution is 2.34. The molecule has 1 fully saturated rings. The molecule has 0 spiro atoms. The van der Waals surface area contributed by atoms with Gasteiger partial charge in [0, 0.05) is 30.9 Å². The van der Waals surface area contributed by atoms with Crippen LogP contribution in [-0.4, -0.2) is 53.6 Å². The van der Waals surface area contributed by atoms with Crippen molar-refractivity contribution in [3.63, 3.8) is 0 Å². The Balaban J connectivity index is 1.46. The van der Waals surface area contributed by atoms with Crippen molar-refractivity contribution in [3.05, 3.63) is 65.7 Å². The van der Waals surface area contributed by atoms with Gasteiger partial charge in [-0.15, -0.1) is 0 Å². The fraction of sp³-hybridized carbons (Fsp3) is 0.407. The summed E-state index contributed by atoms with van der Waals surface area (Å²) in [6.45, 7) is 3.47. The fourth-order valence-corrected chi connectivity index (χ4v) is 4.79. The molecule has 8 nitrogen and oxygen atoms in total. The minimum absolute atomic E-state index is 0.218. The van der Waals surface area contributed by atoms with E-state index in [0.717, 1.165) is 23.6 Å². The predicted molar refractivity (Wildman–Crippen MR) is 136 cm³/mol. The van der Waals surface area contributed by atoms with Crippen LogP contribution in [-0.2, 0) is 13.2 Å². The maximum atomic E-state index is 14.2.